The number of aliphatic hydroxyl groups excluding tert-OH is 1. The molecule has 0 spiro atoms. The third-order valence-corrected chi connectivity index (χ3v) is 2.16. The summed E-state index contributed by atoms with van der Waals surface area (Å²) in [5.74, 6) is 0. The summed E-state index contributed by atoms with van der Waals surface area (Å²) in [5, 5.41) is 8.84. The van der Waals surface area contributed by atoms with Gasteiger partial charge in [0.05, 0.1) is 12.7 Å². The zero-order valence-corrected chi connectivity index (χ0v) is 10.5. The van der Waals surface area contributed by atoms with Gasteiger partial charge in [-0.1, -0.05) is 6.08 Å². The van der Waals surface area contributed by atoms with Crippen molar-refractivity contribution in [1.82, 2.24) is 0 Å². The van der Waals surface area contributed by atoms with Crippen LogP contribution >= 0.6 is 0 Å². The number of hydrogen-bond donors (Lipinski definition) is 1. The minimum absolute atomic E-state index is 0. The number of hydrogen-bond acceptors (Lipinski definition) is 5. The van der Waals surface area contributed by atoms with Gasteiger partial charge in [-0.3, -0.25) is 0 Å². The molecule has 0 bridgehead atoms. The summed E-state index contributed by atoms with van der Waals surface area (Å²) in [6, 6.07) is 0. The van der Waals surface area contributed by atoms with Crippen molar-refractivity contribution in [3.8, 4) is 0 Å². The normalized spacial score (nSPS) is 15.6. The van der Waals surface area contributed by atoms with Crippen LogP contribution in [0.1, 0.15) is 6.92 Å². The number of ether oxygens (including phenoxy) is 1. The van der Waals surface area contributed by atoms with Crippen LogP contribution in [0.15, 0.2) is 12.7 Å². The van der Waals surface area contributed by atoms with Gasteiger partial charge in [-0.2, -0.15) is 0 Å². The summed E-state index contributed by atoms with van der Waals surface area (Å²) in [5.41, 5.74) is -1.71. The Hall–Kier alpha value is 0.570. The van der Waals surface area contributed by atoms with Crippen LogP contribution in [0, 0.1) is 0 Å². The summed E-state index contributed by atoms with van der Waals surface area (Å²) in [6.45, 7) is 4.35. The van der Waals surface area contributed by atoms with E-state index < -0.39 is 21.7 Å². The molecule has 0 rings (SSSR count). The van der Waals surface area contributed by atoms with Gasteiger partial charge in [0, 0.05) is 0 Å². The van der Waals surface area contributed by atoms with E-state index in [0.717, 1.165) is 0 Å². The van der Waals surface area contributed by atoms with Crippen LogP contribution in [0.3, 0.4) is 0 Å². The van der Waals surface area contributed by atoms with Gasteiger partial charge in [0.1, 0.15) is 10.1 Å². The summed E-state index contributed by atoms with van der Waals surface area (Å²) >= 11 is 0. The first-order chi connectivity index (χ1) is 5.39. The van der Waals surface area contributed by atoms with E-state index in [1.165, 1.54) is 13.0 Å². The Kier molecular flexibility index (Phi) is 8.55. The van der Waals surface area contributed by atoms with Gasteiger partial charge in [0.25, 0.3) is 0 Å². The Balaban J connectivity index is 0. The van der Waals surface area contributed by atoms with Gasteiger partial charge in [-0.05, 0) is 6.92 Å². The maximum atomic E-state index is 10.4. The maximum absolute atomic E-state index is 10.4. The largest absolute Gasteiger partial charge is 1.00 e. The van der Waals surface area contributed by atoms with E-state index in [0.29, 0.717) is 0 Å². The molecular weight excluding hydrogens is 207 g/mol. The zero-order chi connectivity index (χ0) is 9.78. The van der Waals surface area contributed by atoms with Crippen LogP contribution in [0.4, 0.5) is 0 Å². The molecule has 0 aromatic carbocycles. The average molecular weight is 218 g/mol. The van der Waals surface area contributed by atoms with Gasteiger partial charge >= 0.3 is 29.6 Å². The first kappa shape index (κ1) is 16.0. The predicted molar refractivity (Wildman–Crippen MR) is 41.3 cm³/mol. The third-order valence-electron chi connectivity index (χ3n) is 1.06. The minimum Gasteiger partial charge on any atom is -0.746 e. The van der Waals surface area contributed by atoms with Crippen molar-refractivity contribution in [1.29, 1.82) is 0 Å². The third kappa shape index (κ3) is 6.62. The molecule has 0 saturated carbocycles. The minimum atomic E-state index is -4.61. The Morgan fingerprint density at radius 3 is 2.38 bits per heavy atom. The molecule has 0 amide bonds. The number of rotatable bonds is 5. The van der Waals surface area contributed by atoms with Crippen molar-refractivity contribution in [2.24, 2.45) is 0 Å². The molecule has 0 aromatic rings. The Morgan fingerprint density at radius 2 is 2.15 bits per heavy atom. The first-order valence-corrected chi connectivity index (χ1v) is 4.72. The van der Waals surface area contributed by atoms with Crippen LogP contribution in [0.2, 0.25) is 0 Å². The molecule has 13 heavy (non-hydrogen) atoms. The van der Waals surface area contributed by atoms with Crippen LogP contribution in [-0.2, 0) is 14.9 Å². The van der Waals surface area contributed by atoms with E-state index in [2.05, 4.69) is 11.3 Å². The average Bonchev–Trinajstić information content (AvgIpc) is 1.84. The van der Waals surface area contributed by atoms with Crippen molar-refractivity contribution in [3.05, 3.63) is 12.7 Å². The van der Waals surface area contributed by atoms with E-state index in [1.54, 1.807) is 0 Å². The molecule has 2 unspecified atom stereocenters. The predicted octanol–water partition coefficient (Wildman–Crippen LogP) is -3.55. The fourth-order valence-electron chi connectivity index (χ4n) is 0.627. The fourth-order valence-corrected chi connectivity index (χ4v) is 1.35. The van der Waals surface area contributed by atoms with Crippen LogP contribution in [0.5, 0.6) is 0 Å². The molecule has 2 atom stereocenters. The maximum Gasteiger partial charge on any atom is 1.00 e. The summed E-state index contributed by atoms with van der Waals surface area (Å²) in [6.07, 6.45) is -0.0481. The molecule has 1 N–H and O–H groups in total. The second-order valence-electron chi connectivity index (χ2n) is 2.22. The van der Waals surface area contributed by atoms with Crippen molar-refractivity contribution in [3.63, 3.8) is 0 Å². The molecule has 5 nitrogen and oxygen atoms in total. The van der Waals surface area contributed by atoms with E-state index in [9.17, 15) is 13.0 Å². The Bertz CT molecular complexity index is 235. The molecular formula is C6H11NaO5S. The molecule has 0 aromatic heterocycles. The first-order valence-electron chi connectivity index (χ1n) is 3.25. The van der Waals surface area contributed by atoms with E-state index in [4.69, 9.17) is 5.11 Å². The monoisotopic (exact) mass is 218 g/mol. The second kappa shape index (κ2) is 6.94. The Morgan fingerprint density at radius 1 is 1.69 bits per heavy atom. The van der Waals surface area contributed by atoms with Crippen LogP contribution < -0.4 is 29.6 Å². The van der Waals surface area contributed by atoms with E-state index >= 15 is 0 Å². The van der Waals surface area contributed by atoms with Gasteiger partial charge in [0.15, 0.2) is 5.44 Å². The summed E-state index contributed by atoms with van der Waals surface area (Å²) in [7, 11) is -4.61. The van der Waals surface area contributed by atoms with Crippen LogP contribution in [0.25, 0.3) is 0 Å². The molecule has 72 valence electrons. The van der Waals surface area contributed by atoms with E-state index in [-0.39, 0.29) is 36.2 Å². The molecule has 0 fully saturated rings. The molecule has 0 heterocycles. The topological polar surface area (TPSA) is 86.7 Å². The summed E-state index contributed by atoms with van der Waals surface area (Å²) in [4.78, 5) is 0. The smallest absolute Gasteiger partial charge is 0.746 e. The van der Waals surface area contributed by atoms with Gasteiger partial charge in [-0.25, -0.2) is 8.42 Å². The fraction of sp³-hybridized carbons (Fsp3) is 0.667. The SMILES string of the molecule is C=CCOC(C(C)O)S(=O)(=O)[O-].[Na+]. The quantitative estimate of drug-likeness (QED) is 0.293. The van der Waals surface area contributed by atoms with Gasteiger partial charge in [0.2, 0.25) is 0 Å². The zero-order valence-electron chi connectivity index (χ0n) is 7.63. The molecule has 0 aliphatic carbocycles. The van der Waals surface area contributed by atoms with Crippen molar-refractivity contribution < 1.29 is 52.4 Å². The summed E-state index contributed by atoms with van der Waals surface area (Å²) < 4.78 is 35.8. The van der Waals surface area contributed by atoms with Crippen LogP contribution in [-0.4, -0.2) is 36.2 Å². The van der Waals surface area contributed by atoms with E-state index in [1.807, 2.05) is 0 Å². The molecule has 7 heteroatoms. The van der Waals surface area contributed by atoms with Crippen molar-refractivity contribution in [2.45, 2.75) is 18.5 Å². The standard InChI is InChI=1S/C6H12O5S.Na/c1-3-4-11-6(5(2)7)12(8,9)10;/h3,5-7H,1,4H2,2H3,(H,8,9,10);/q;+1/p-1. The molecule has 0 saturated heterocycles. The molecule has 0 aliphatic heterocycles. The van der Waals surface area contributed by atoms with Crippen molar-refractivity contribution in [2.75, 3.05) is 6.61 Å². The van der Waals surface area contributed by atoms with Gasteiger partial charge < -0.3 is 14.4 Å². The molecule has 0 radical (unpaired) electrons. The van der Waals surface area contributed by atoms with Gasteiger partial charge in [-0.15, -0.1) is 6.58 Å². The number of aliphatic hydroxyl groups is 1. The second-order valence-corrected chi connectivity index (χ2v) is 3.67. The molecule has 0 aliphatic rings. The van der Waals surface area contributed by atoms with Crippen molar-refractivity contribution >= 4 is 10.1 Å². The Labute approximate surface area is 99.8 Å².